The molecule has 1 unspecified atom stereocenters. The normalized spacial score (nSPS) is 12.6. The Balaban J connectivity index is 1.89. The average Bonchev–Trinajstić information content (AvgIpc) is 3.30. The molecule has 0 aliphatic carbocycles. The van der Waals surface area contributed by atoms with E-state index >= 15 is 0 Å². The van der Waals surface area contributed by atoms with Gasteiger partial charge in [0.25, 0.3) is 17.5 Å². The minimum absolute atomic E-state index is 0.0356. The SMILES string of the molecule is COc1cc(C(=O)OC(=O)NC(CCCCNC(=O)CCCN2C(=O)C=CC2=O)C(=O)OCC#N)c([N+](=O)[O-])cc1OC. The Hall–Kier alpha value is -5.53. The molecule has 2 rings (SSSR count). The molecule has 17 heteroatoms. The summed E-state index contributed by atoms with van der Waals surface area (Å²) >= 11 is 0. The van der Waals surface area contributed by atoms with E-state index in [-0.39, 0.29) is 56.2 Å². The highest BCUT2D eigenvalue weighted by Gasteiger charge is 2.29. The molecule has 0 bridgehead atoms. The topological polar surface area (TPSA) is 234 Å². The molecular weight excluding hydrogens is 574 g/mol. The second kappa shape index (κ2) is 16.7. The third-order valence-electron chi connectivity index (χ3n) is 5.89. The number of ether oxygens (including phenoxy) is 4. The number of carbonyl (C=O) groups excluding carboxylic acids is 6. The van der Waals surface area contributed by atoms with Gasteiger partial charge < -0.3 is 29.6 Å². The summed E-state index contributed by atoms with van der Waals surface area (Å²) in [5.41, 5.74) is -1.34. The van der Waals surface area contributed by atoms with Crippen LogP contribution in [0.1, 0.15) is 42.5 Å². The summed E-state index contributed by atoms with van der Waals surface area (Å²) in [4.78, 5) is 84.0. The van der Waals surface area contributed by atoms with Gasteiger partial charge in [-0.1, -0.05) is 0 Å². The van der Waals surface area contributed by atoms with Crippen molar-refractivity contribution in [3.05, 3.63) is 40.0 Å². The van der Waals surface area contributed by atoms with Crippen LogP contribution in [0.4, 0.5) is 10.5 Å². The maximum absolute atomic E-state index is 12.6. The number of nitrogens with zero attached hydrogens (tertiary/aromatic N) is 3. The van der Waals surface area contributed by atoms with Crippen LogP contribution in [0.2, 0.25) is 0 Å². The van der Waals surface area contributed by atoms with E-state index in [1.807, 2.05) is 0 Å². The minimum Gasteiger partial charge on any atom is -0.493 e. The Morgan fingerprint density at radius 3 is 2.30 bits per heavy atom. The summed E-state index contributed by atoms with van der Waals surface area (Å²) in [6, 6.07) is 2.13. The summed E-state index contributed by atoms with van der Waals surface area (Å²) in [5, 5.41) is 24.9. The Bertz CT molecular complexity index is 1320. The number of nitriles is 1. The van der Waals surface area contributed by atoms with E-state index < -0.39 is 58.7 Å². The van der Waals surface area contributed by atoms with Crippen molar-refractivity contribution in [2.45, 2.75) is 38.1 Å². The lowest BCUT2D eigenvalue weighted by Crippen LogP contribution is -2.43. The van der Waals surface area contributed by atoms with E-state index in [4.69, 9.17) is 19.5 Å². The predicted molar refractivity (Wildman–Crippen MR) is 142 cm³/mol. The van der Waals surface area contributed by atoms with Gasteiger partial charge in [-0.2, -0.15) is 5.26 Å². The van der Waals surface area contributed by atoms with Crippen LogP contribution in [0, 0.1) is 21.4 Å². The molecule has 0 aromatic heterocycles. The van der Waals surface area contributed by atoms with E-state index in [0.717, 1.165) is 29.2 Å². The Labute approximate surface area is 244 Å². The van der Waals surface area contributed by atoms with Crippen molar-refractivity contribution in [2.75, 3.05) is 33.9 Å². The monoisotopic (exact) mass is 603 g/mol. The number of nitro benzene ring substituents is 1. The van der Waals surface area contributed by atoms with Crippen molar-refractivity contribution in [1.29, 1.82) is 5.26 Å². The zero-order valence-electron chi connectivity index (χ0n) is 23.3. The standard InChI is InChI=1S/C26H29N5O12/c1-40-19-14-16(18(31(38)39)15-20(19)41-2)24(35)43-26(37)29-17(25(36)42-13-10-27)6-3-4-11-28-21(32)7-5-12-30-22(33)8-9-23(30)34/h8-9,14-15,17H,3-7,11-13H2,1-2H3,(H,28,32)(H,29,37). The first-order chi connectivity index (χ1) is 20.5. The molecule has 0 saturated carbocycles. The Kier molecular flexibility index (Phi) is 13.1. The zero-order chi connectivity index (χ0) is 31.9. The maximum atomic E-state index is 12.6. The largest absolute Gasteiger partial charge is 0.493 e. The summed E-state index contributed by atoms with van der Waals surface area (Å²) in [5.74, 6) is -3.67. The van der Waals surface area contributed by atoms with E-state index in [1.54, 1.807) is 6.07 Å². The first-order valence-corrected chi connectivity index (χ1v) is 12.8. The predicted octanol–water partition coefficient (Wildman–Crippen LogP) is 0.905. The number of hydrogen-bond donors (Lipinski definition) is 2. The Morgan fingerprint density at radius 2 is 1.70 bits per heavy atom. The quantitative estimate of drug-likeness (QED) is 0.0668. The smallest absolute Gasteiger partial charge is 0.415 e. The van der Waals surface area contributed by atoms with E-state index in [2.05, 4.69) is 15.4 Å². The van der Waals surface area contributed by atoms with Gasteiger partial charge in [-0.25, -0.2) is 14.4 Å². The molecule has 4 amide bonds. The second-order valence-corrected chi connectivity index (χ2v) is 8.73. The van der Waals surface area contributed by atoms with Crippen LogP contribution in [-0.4, -0.2) is 85.5 Å². The van der Waals surface area contributed by atoms with Crippen LogP contribution in [0.3, 0.4) is 0 Å². The molecule has 1 aromatic carbocycles. The number of nitrogens with one attached hydrogen (secondary N) is 2. The molecule has 17 nitrogen and oxygen atoms in total. The van der Waals surface area contributed by atoms with Gasteiger partial charge in [0.1, 0.15) is 17.7 Å². The van der Waals surface area contributed by atoms with Crippen molar-refractivity contribution >= 4 is 41.4 Å². The zero-order valence-corrected chi connectivity index (χ0v) is 23.3. The number of methoxy groups -OCH3 is 2. The van der Waals surface area contributed by atoms with Crippen LogP contribution >= 0.6 is 0 Å². The van der Waals surface area contributed by atoms with Crippen molar-refractivity contribution in [1.82, 2.24) is 15.5 Å². The van der Waals surface area contributed by atoms with E-state index in [0.29, 0.717) is 6.42 Å². The third-order valence-corrected chi connectivity index (χ3v) is 5.89. The summed E-state index contributed by atoms with van der Waals surface area (Å²) in [6.45, 7) is -0.300. The molecule has 2 N–H and O–H groups in total. The number of esters is 2. The molecule has 1 heterocycles. The first kappa shape index (κ1) is 33.7. The average molecular weight is 604 g/mol. The molecule has 0 fully saturated rings. The minimum atomic E-state index is -1.41. The second-order valence-electron chi connectivity index (χ2n) is 8.73. The molecule has 1 aliphatic heterocycles. The van der Waals surface area contributed by atoms with Crippen molar-refractivity contribution in [3.8, 4) is 17.6 Å². The number of unbranched alkanes of at least 4 members (excludes halogenated alkanes) is 1. The fraction of sp³-hybridized carbons (Fsp3) is 0.423. The first-order valence-electron chi connectivity index (χ1n) is 12.8. The number of amides is 4. The number of hydrogen-bond acceptors (Lipinski definition) is 13. The van der Waals surface area contributed by atoms with Gasteiger partial charge in [-0.05, 0) is 25.7 Å². The van der Waals surface area contributed by atoms with Crippen molar-refractivity contribution in [3.63, 3.8) is 0 Å². The number of nitro groups is 1. The Morgan fingerprint density at radius 1 is 1.05 bits per heavy atom. The van der Waals surface area contributed by atoms with Crippen LogP contribution in [0.15, 0.2) is 24.3 Å². The van der Waals surface area contributed by atoms with E-state index in [1.165, 1.54) is 14.2 Å². The third kappa shape index (κ3) is 10.1. The molecule has 0 spiro atoms. The molecule has 0 radical (unpaired) electrons. The molecular formula is C26H29N5O12. The van der Waals surface area contributed by atoms with Gasteiger partial charge in [0.05, 0.1) is 25.2 Å². The number of imide groups is 1. The lowest BCUT2D eigenvalue weighted by molar-refractivity contribution is -0.385. The lowest BCUT2D eigenvalue weighted by atomic mass is 10.1. The summed E-state index contributed by atoms with van der Waals surface area (Å²) < 4.78 is 19.4. The highest BCUT2D eigenvalue weighted by atomic mass is 16.6. The maximum Gasteiger partial charge on any atom is 0.415 e. The van der Waals surface area contributed by atoms with Gasteiger partial charge in [0.2, 0.25) is 5.91 Å². The van der Waals surface area contributed by atoms with Crippen LogP contribution < -0.4 is 20.1 Å². The van der Waals surface area contributed by atoms with Crippen molar-refractivity contribution in [2.24, 2.45) is 0 Å². The number of alkyl carbamates (subject to hydrolysis) is 1. The molecule has 43 heavy (non-hydrogen) atoms. The van der Waals surface area contributed by atoms with Crippen molar-refractivity contribution < 1.29 is 52.6 Å². The summed E-state index contributed by atoms with van der Waals surface area (Å²) in [6.07, 6.45) is 1.83. The van der Waals surface area contributed by atoms with Gasteiger partial charge in [0, 0.05) is 37.7 Å². The number of rotatable bonds is 16. The summed E-state index contributed by atoms with van der Waals surface area (Å²) in [7, 11) is 2.46. The molecule has 230 valence electrons. The highest BCUT2D eigenvalue weighted by molar-refractivity contribution is 6.12. The fourth-order valence-electron chi connectivity index (χ4n) is 3.79. The van der Waals surface area contributed by atoms with Gasteiger partial charge >= 0.3 is 18.0 Å². The van der Waals surface area contributed by atoms with Gasteiger partial charge in [-0.15, -0.1) is 0 Å². The van der Waals surface area contributed by atoms with Gasteiger partial charge in [0.15, 0.2) is 18.1 Å². The van der Waals surface area contributed by atoms with Crippen LogP contribution in [0.25, 0.3) is 0 Å². The van der Waals surface area contributed by atoms with Gasteiger partial charge in [-0.3, -0.25) is 29.4 Å². The fourth-order valence-corrected chi connectivity index (χ4v) is 3.79. The molecule has 1 aromatic rings. The highest BCUT2D eigenvalue weighted by Crippen LogP contribution is 2.34. The van der Waals surface area contributed by atoms with Crippen LogP contribution in [0.5, 0.6) is 11.5 Å². The molecule has 1 atom stereocenters. The number of carbonyl (C=O) groups is 6. The lowest BCUT2D eigenvalue weighted by Gasteiger charge is -2.17. The molecule has 1 aliphatic rings. The molecule has 0 saturated heterocycles. The van der Waals surface area contributed by atoms with Crippen LogP contribution in [-0.2, 0) is 28.7 Å². The number of benzene rings is 1. The van der Waals surface area contributed by atoms with E-state index in [9.17, 15) is 38.9 Å².